The van der Waals surface area contributed by atoms with Crippen molar-refractivity contribution < 1.29 is 14.3 Å². The molecular formula is C25H28N4O3S. The minimum Gasteiger partial charge on any atom is -0.489 e. The number of carbonyl (C=O) groups is 2. The van der Waals surface area contributed by atoms with Crippen molar-refractivity contribution in [3.63, 3.8) is 0 Å². The zero-order valence-electron chi connectivity index (χ0n) is 18.9. The van der Waals surface area contributed by atoms with E-state index in [-0.39, 0.29) is 12.0 Å². The maximum atomic E-state index is 12.7. The minimum atomic E-state index is -0.532. The van der Waals surface area contributed by atoms with E-state index in [1.807, 2.05) is 54.7 Å². The van der Waals surface area contributed by atoms with Crippen molar-refractivity contribution in [1.82, 2.24) is 14.7 Å². The average Bonchev–Trinajstić information content (AvgIpc) is 3.26. The van der Waals surface area contributed by atoms with E-state index in [4.69, 9.17) is 10.5 Å². The second kappa shape index (κ2) is 10.1. The van der Waals surface area contributed by atoms with Crippen LogP contribution in [-0.2, 0) is 18.3 Å². The zero-order valence-corrected chi connectivity index (χ0v) is 19.7. The van der Waals surface area contributed by atoms with Crippen molar-refractivity contribution in [2.75, 3.05) is 19.3 Å². The molecule has 1 aliphatic rings. The molecule has 1 fully saturated rings. The van der Waals surface area contributed by atoms with Crippen molar-refractivity contribution >= 4 is 23.6 Å². The van der Waals surface area contributed by atoms with Gasteiger partial charge in [-0.2, -0.15) is 5.10 Å². The molecule has 4 rings (SSSR count). The van der Waals surface area contributed by atoms with Gasteiger partial charge in [-0.15, -0.1) is 11.8 Å². The van der Waals surface area contributed by atoms with Gasteiger partial charge in [-0.3, -0.25) is 14.3 Å². The van der Waals surface area contributed by atoms with Crippen LogP contribution in [0.5, 0.6) is 5.75 Å². The lowest BCUT2D eigenvalue weighted by atomic mass is 10.0. The van der Waals surface area contributed by atoms with Gasteiger partial charge in [0.1, 0.15) is 11.9 Å². The number of hydrogen-bond donors (Lipinski definition) is 1. The van der Waals surface area contributed by atoms with E-state index < -0.39 is 5.91 Å². The van der Waals surface area contributed by atoms with Crippen molar-refractivity contribution in [3.8, 4) is 16.9 Å². The molecule has 2 N–H and O–H groups in total. The normalized spacial score (nSPS) is 14.3. The molecule has 3 aromatic rings. The van der Waals surface area contributed by atoms with Crippen molar-refractivity contribution in [2.45, 2.75) is 30.3 Å². The van der Waals surface area contributed by atoms with E-state index in [0.717, 1.165) is 16.7 Å². The quantitative estimate of drug-likeness (QED) is 0.541. The average molecular weight is 465 g/mol. The maximum Gasteiger partial charge on any atom is 0.252 e. The number of piperidine rings is 1. The molecular weight excluding hydrogens is 436 g/mol. The molecule has 1 aromatic heterocycles. The van der Waals surface area contributed by atoms with Gasteiger partial charge in [0.25, 0.3) is 5.91 Å². The summed E-state index contributed by atoms with van der Waals surface area (Å²) < 4.78 is 7.86. The van der Waals surface area contributed by atoms with Gasteiger partial charge in [0.05, 0.1) is 18.2 Å². The highest BCUT2D eigenvalue weighted by Crippen LogP contribution is 2.29. The number of thioether (sulfide) groups is 1. The third kappa shape index (κ3) is 5.57. The van der Waals surface area contributed by atoms with Crippen LogP contribution in [0, 0.1) is 0 Å². The number of amides is 2. The van der Waals surface area contributed by atoms with Crippen LogP contribution in [0.25, 0.3) is 11.1 Å². The molecule has 2 heterocycles. The summed E-state index contributed by atoms with van der Waals surface area (Å²) in [5, 5.41) is 4.17. The molecule has 1 saturated heterocycles. The lowest BCUT2D eigenvalue weighted by Gasteiger charge is -2.32. The standard InChI is InChI=1S/C25H28N4O3S/c1-28-16-19(15-27-28)18-5-8-23(22(14-18)25(26)31)32-20-9-11-29(12-10-20)24(30)13-17-3-6-21(33-2)7-4-17/h3-8,14-16,20H,9-13H2,1-2H3,(H2,26,31). The summed E-state index contributed by atoms with van der Waals surface area (Å²) in [4.78, 5) is 27.9. The fraction of sp³-hybridized carbons (Fsp3) is 0.320. The third-order valence-corrected chi connectivity index (χ3v) is 6.63. The topological polar surface area (TPSA) is 90.5 Å². The van der Waals surface area contributed by atoms with Crippen molar-refractivity contribution in [2.24, 2.45) is 12.8 Å². The Hall–Kier alpha value is -3.26. The third-order valence-electron chi connectivity index (χ3n) is 5.89. The summed E-state index contributed by atoms with van der Waals surface area (Å²) in [5.41, 5.74) is 8.77. The summed E-state index contributed by atoms with van der Waals surface area (Å²) in [7, 11) is 1.84. The summed E-state index contributed by atoms with van der Waals surface area (Å²) in [6, 6.07) is 13.6. The van der Waals surface area contributed by atoms with Crippen molar-refractivity contribution in [1.29, 1.82) is 0 Å². The number of aromatic nitrogens is 2. The highest BCUT2D eigenvalue weighted by Gasteiger charge is 2.25. The Bertz CT molecular complexity index is 1130. The lowest BCUT2D eigenvalue weighted by molar-refractivity contribution is -0.132. The van der Waals surface area contributed by atoms with Crippen LogP contribution in [-0.4, -0.2) is 51.9 Å². The van der Waals surface area contributed by atoms with Gasteiger partial charge in [-0.05, 0) is 41.6 Å². The number of benzene rings is 2. The van der Waals surface area contributed by atoms with Crippen LogP contribution in [0.2, 0.25) is 0 Å². The Balaban J connectivity index is 1.36. The molecule has 2 aromatic carbocycles. The Kier molecular flexibility index (Phi) is 7.03. The van der Waals surface area contributed by atoms with Crippen LogP contribution >= 0.6 is 11.8 Å². The molecule has 0 radical (unpaired) electrons. The molecule has 0 aliphatic carbocycles. The van der Waals surface area contributed by atoms with Gasteiger partial charge in [0.2, 0.25) is 5.91 Å². The largest absolute Gasteiger partial charge is 0.489 e. The number of rotatable bonds is 7. The number of nitrogens with two attached hydrogens (primary N) is 1. The SMILES string of the molecule is CSc1ccc(CC(=O)N2CCC(Oc3ccc(-c4cnn(C)c4)cc3C(N)=O)CC2)cc1. The van der Waals surface area contributed by atoms with Gasteiger partial charge in [-0.25, -0.2) is 0 Å². The number of primary amides is 1. The molecule has 172 valence electrons. The van der Waals surface area contributed by atoms with Gasteiger partial charge in [0, 0.05) is 49.6 Å². The van der Waals surface area contributed by atoms with E-state index >= 15 is 0 Å². The Morgan fingerprint density at radius 3 is 2.45 bits per heavy atom. The summed E-state index contributed by atoms with van der Waals surface area (Å²) in [5.74, 6) is 0.0775. The number of nitrogens with zero attached hydrogens (tertiary/aromatic N) is 3. The van der Waals surface area contributed by atoms with E-state index in [0.29, 0.717) is 43.7 Å². The highest BCUT2D eigenvalue weighted by atomic mass is 32.2. The molecule has 1 aliphatic heterocycles. The molecule has 33 heavy (non-hydrogen) atoms. The molecule has 8 heteroatoms. The number of aryl methyl sites for hydroxylation is 1. The second-order valence-electron chi connectivity index (χ2n) is 8.20. The molecule has 2 amide bonds. The van der Waals surface area contributed by atoms with E-state index in [1.54, 1.807) is 34.8 Å². The first kappa shape index (κ1) is 22.9. The molecule has 0 spiro atoms. The first-order chi connectivity index (χ1) is 15.9. The van der Waals surface area contributed by atoms with Gasteiger partial charge in [0.15, 0.2) is 0 Å². The van der Waals surface area contributed by atoms with Crippen LogP contribution in [0.15, 0.2) is 59.8 Å². The fourth-order valence-corrected chi connectivity index (χ4v) is 4.42. The van der Waals surface area contributed by atoms with E-state index in [9.17, 15) is 9.59 Å². The van der Waals surface area contributed by atoms with E-state index in [2.05, 4.69) is 5.10 Å². The van der Waals surface area contributed by atoms with Crippen LogP contribution in [0.3, 0.4) is 0 Å². The predicted octanol–water partition coefficient (Wildman–Crippen LogP) is 3.52. The van der Waals surface area contributed by atoms with Crippen LogP contribution in [0.1, 0.15) is 28.8 Å². The second-order valence-corrected chi connectivity index (χ2v) is 9.08. The number of likely N-dealkylation sites (tertiary alicyclic amines) is 1. The van der Waals surface area contributed by atoms with E-state index in [1.165, 1.54) is 4.90 Å². The molecule has 0 bridgehead atoms. The zero-order chi connectivity index (χ0) is 23.4. The maximum absolute atomic E-state index is 12.7. The van der Waals surface area contributed by atoms with Gasteiger partial charge >= 0.3 is 0 Å². The van der Waals surface area contributed by atoms with Crippen molar-refractivity contribution in [3.05, 3.63) is 66.0 Å². The predicted molar refractivity (Wildman–Crippen MR) is 129 cm³/mol. The fourth-order valence-electron chi connectivity index (χ4n) is 4.01. The first-order valence-corrected chi connectivity index (χ1v) is 12.2. The smallest absolute Gasteiger partial charge is 0.252 e. The number of hydrogen-bond acceptors (Lipinski definition) is 5. The van der Waals surface area contributed by atoms with Crippen LogP contribution < -0.4 is 10.5 Å². The summed E-state index contributed by atoms with van der Waals surface area (Å²) in [6.07, 6.45) is 7.40. The van der Waals surface area contributed by atoms with Crippen LogP contribution in [0.4, 0.5) is 0 Å². The minimum absolute atomic E-state index is 0.0720. The molecule has 0 saturated carbocycles. The van der Waals surface area contributed by atoms with Gasteiger partial charge < -0.3 is 15.4 Å². The van der Waals surface area contributed by atoms with Gasteiger partial charge in [-0.1, -0.05) is 18.2 Å². The molecule has 7 nitrogen and oxygen atoms in total. The summed E-state index contributed by atoms with van der Waals surface area (Å²) >= 11 is 1.69. The Morgan fingerprint density at radius 1 is 1.12 bits per heavy atom. The Labute approximate surface area is 197 Å². The highest BCUT2D eigenvalue weighted by molar-refractivity contribution is 7.98. The Morgan fingerprint density at radius 2 is 1.85 bits per heavy atom. The monoisotopic (exact) mass is 464 g/mol. The molecule has 0 atom stereocenters. The number of ether oxygens (including phenoxy) is 1. The lowest BCUT2D eigenvalue weighted by Crippen LogP contribution is -2.42. The molecule has 0 unspecified atom stereocenters. The first-order valence-electron chi connectivity index (χ1n) is 10.9. The number of carbonyl (C=O) groups excluding carboxylic acids is 2. The summed E-state index contributed by atoms with van der Waals surface area (Å²) in [6.45, 7) is 1.26.